The molecule has 1 saturated heterocycles. The third kappa shape index (κ3) is 4.96. The highest BCUT2D eigenvalue weighted by atomic mass is 16.3. The van der Waals surface area contributed by atoms with Gasteiger partial charge in [-0.1, -0.05) is 6.42 Å². The number of piperidine rings is 1. The minimum Gasteiger partial charge on any atom is -0.468 e. The monoisotopic (exact) mass is 396 g/mol. The quantitative estimate of drug-likeness (QED) is 0.749. The number of hydrogen-bond acceptors (Lipinski definition) is 5. The lowest BCUT2D eigenvalue weighted by atomic mass is 9.99. The maximum Gasteiger partial charge on any atom is 0.266 e. The maximum atomic E-state index is 12.5. The summed E-state index contributed by atoms with van der Waals surface area (Å²) in [5, 5.41) is 12.2. The lowest BCUT2D eigenvalue weighted by Crippen LogP contribution is -2.40. The molecule has 1 amide bonds. The summed E-state index contributed by atoms with van der Waals surface area (Å²) in [5.74, 6) is 0.820. The average Bonchev–Trinajstić information content (AvgIpc) is 3.23. The van der Waals surface area contributed by atoms with Crippen LogP contribution in [-0.2, 0) is 11.2 Å². The number of likely N-dealkylation sites (tertiary alicyclic amines) is 1. The number of aromatic nitrogens is 1. The molecule has 3 rings (SSSR count). The van der Waals surface area contributed by atoms with E-state index in [1.54, 1.807) is 20.1 Å². The Morgan fingerprint density at radius 1 is 1.34 bits per heavy atom. The van der Waals surface area contributed by atoms with Crippen molar-refractivity contribution in [1.29, 1.82) is 5.26 Å². The van der Waals surface area contributed by atoms with E-state index in [2.05, 4.69) is 15.2 Å². The van der Waals surface area contributed by atoms with Gasteiger partial charge in [-0.3, -0.25) is 14.5 Å². The molecule has 1 atom stereocenters. The number of H-pyrrole nitrogens is 1. The van der Waals surface area contributed by atoms with Crippen molar-refractivity contribution in [2.45, 2.75) is 52.0 Å². The van der Waals surface area contributed by atoms with Gasteiger partial charge in [-0.15, -0.1) is 0 Å². The van der Waals surface area contributed by atoms with Crippen LogP contribution in [0.2, 0.25) is 0 Å². The predicted molar refractivity (Wildman–Crippen MR) is 109 cm³/mol. The summed E-state index contributed by atoms with van der Waals surface area (Å²) in [6.07, 6.45) is 6.01. The Kier molecular flexibility index (Phi) is 6.89. The van der Waals surface area contributed by atoms with Crippen LogP contribution >= 0.6 is 0 Å². The highest BCUT2D eigenvalue weighted by molar-refractivity contribution is 5.76. The second-order valence-electron chi connectivity index (χ2n) is 7.60. The van der Waals surface area contributed by atoms with Crippen LogP contribution in [0.3, 0.4) is 0 Å². The van der Waals surface area contributed by atoms with Crippen LogP contribution in [0.1, 0.15) is 59.9 Å². The molecule has 0 radical (unpaired) electrons. The number of nitrogens with one attached hydrogen (secondary N) is 2. The Labute approximate surface area is 170 Å². The number of aryl methyl sites for hydroxylation is 1. The average molecular weight is 396 g/mol. The van der Waals surface area contributed by atoms with E-state index in [0.29, 0.717) is 30.6 Å². The Bertz CT molecular complexity index is 934. The van der Waals surface area contributed by atoms with Crippen molar-refractivity contribution in [3.05, 3.63) is 56.9 Å². The van der Waals surface area contributed by atoms with Gasteiger partial charge >= 0.3 is 0 Å². The van der Waals surface area contributed by atoms with Crippen molar-refractivity contribution in [3.63, 3.8) is 0 Å². The van der Waals surface area contributed by atoms with E-state index in [1.165, 1.54) is 6.42 Å². The summed E-state index contributed by atoms with van der Waals surface area (Å²) in [5.41, 5.74) is 1.96. The van der Waals surface area contributed by atoms with Crippen LogP contribution in [0.5, 0.6) is 0 Å². The standard InChI is InChI=1S/C22H28N4O3/c1-15-17(16(2)25-22(28)18(15)13-23)8-9-21(27)24-14-19(20-7-6-12-29-20)26-10-4-3-5-11-26/h6-7,12,19H,3-5,8-11,14H2,1-2H3,(H,24,27)(H,25,28). The number of nitriles is 1. The number of amides is 1. The van der Waals surface area contributed by atoms with E-state index >= 15 is 0 Å². The lowest BCUT2D eigenvalue weighted by molar-refractivity contribution is -0.121. The van der Waals surface area contributed by atoms with Crippen molar-refractivity contribution in [2.75, 3.05) is 19.6 Å². The smallest absolute Gasteiger partial charge is 0.266 e. The summed E-state index contributed by atoms with van der Waals surface area (Å²) < 4.78 is 5.62. The zero-order valence-corrected chi connectivity index (χ0v) is 17.1. The molecule has 1 aliphatic heterocycles. The Morgan fingerprint density at radius 3 is 2.76 bits per heavy atom. The zero-order chi connectivity index (χ0) is 20.8. The van der Waals surface area contributed by atoms with Gasteiger partial charge in [-0.25, -0.2) is 0 Å². The van der Waals surface area contributed by atoms with Gasteiger partial charge in [-0.2, -0.15) is 5.26 Å². The summed E-state index contributed by atoms with van der Waals surface area (Å²) >= 11 is 0. The molecule has 2 aromatic rings. The predicted octanol–water partition coefficient (Wildman–Crippen LogP) is 2.73. The molecule has 29 heavy (non-hydrogen) atoms. The van der Waals surface area contributed by atoms with Crippen molar-refractivity contribution in [2.24, 2.45) is 0 Å². The Hall–Kier alpha value is -2.85. The van der Waals surface area contributed by atoms with Gasteiger partial charge in [0.05, 0.1) is 12.3 Å². The Morgan fingerprint density at radius 2 is 2.10 bits per heavy atom. The van der Waals surface area contributed by atoms with Gasteiger partial charge in [0.1, 0.15) is 17.4 Å². The number of aromatic amines is 1. The molecule has 0 bridgehead atoms. The SMILES string of the molecule is Cc1[nH]c(=O)c(C#N)c(C)c1CCC(=O)NCC(c1ccco1)N1CCCCC1. The van der Waals surface area contributed by atoms with Crippen molar-refractivity contribution < 1.29 is 9.21 Å². The Balaban J connectivity index is 1.62. The molecule has 7 nitrogen and oxygen atoms in total. The van der Waals surface area contributed by atoms with Crippen molar-refractivity contribution in [3.8, 4) is 6.07 Å². The largest absolute Gasteiger partial charge is 0.468 e. The maximum absolute atomic E-state index is 12.5. The molecule has 7 heteroatoms. The van der Waals surface area contributed by atoms with Gasteiger partial charge < -0.3 is 14.7 Å². The third-order valence-electron chi connectivity index (χ3n) is 5.72. The first-order chi connectivity index (χ1) is 14.0. The molecule has 2 aromatic heterocycles. The molecular formula is C22H28N4O3. The molecule has 0 spiro atoms. The number of nitrogens with zero attached hydrogens (tertiary/aromatic N) is 2. The summed E-state index contributed by atoms with van der Waals surface area (Å²) in [6, 6.07) is 5.83. The number of pyridine rings is 1. The molecular weight excluding hydrogens is 368 g/mol. The second-order valence-corrected chi connectivity index (χ2v) is 7.60. The normalized spacial score (nSPS) is 15.6. The molecule has 0 aromatic carbocycles. The summed E-state index contributed by atoms with van der Waals surface area (Å²) in [4.78, 5) is 29.5. The van der Waals surface area contributed by atoms with Gasteiger partial charge in [0.15, 0.2) is 0 Å². The number of furan rings is 1. The molecule has 1 unspecified atom stereocenters. The fourth-order valence-corrected chi connectivity index (χ4v) is 4.08. The number of carbonyl (C=O) groups is 1. The fourth-order valence-electron chi connectivity index (χ4n) is 4.08. The van der Waals surface area contributed by atoms with E-state index in [4.69, 9.17) is 4.42 Å². The minimum absolute atomic E-state index is 0.0380. The van der Waals surface area contributed by atoms with Crippen molar-refractivity contribution in [1.82, 2.24) is 15.2 Å². The van der Waals surface area contributed by atoms with Crippen LogP contribution in [0.15, 0.2) is 27.6 Å². The van der Waals surface area contributed by atoms with Crippen LogP contribution in [0.25, 0.3) is 0 Å². The van der Waals surface area contributed by atoms with Crippen LogP contribution in [-0.4, -0.2) is 35.4 Å². The first-order valence-electron chi connectivity index (χ1n) is 10.2. The molecule has 1 fully saturated rings. The topological polar surface area (TPSA) is 102 Å². The highest BCUT2D eigenvalue weighted by Crippen LogP contribution is 2.24. The second kappa shape index (κ2) is 9.57. The first kappa shape index (κ1) is 20.9. The summed E-state index contributed by atoms with van der Waals surface area (Å²) in [7, 11) is 0. The van der Waals surface area contributed by atoms with Gasteiger partial charge in [0, 0.05) is 18.7 Å². The zero-order valence-electron chi connectivity index (χ0n) is 17.1. The van der Waals surface area contributed by atoms with Gasteiger partial charge in [-0.05, 0) is 69.5 Å². The van der Waals surface area contributed by atoms with E-state index in [9.17, 15) is 14.9 Å². The molecule has 3 heterocycles. The molecule has 1 aliphatic rings. The molecule has 0 aliphatic carbocycles. The number of hydrogen-bond donors (Lipinski definition) is 2. The van der Waals surface area contributed by atoms with Crippen LogP contribution in [0, 0.1) is 25.2 Å². The highest BCUT2D eigenvalue weighted by Gasteiger charge is 2.25. The molecule has 0 saturated carbocycles. The molecule has 154 valence electrons. The van der Waals surface area contributed by atoms with E-state index in [-0.39, 0.29) is 23.1 Å². The number of carbonyl (C=O) groups excluding carboxylic acids is 1. The van der Waals surface area contributed by atoms with E-state index < -0.39 is 0 Å². The van der Waals surface area contributed by atoms with Crippen molar-refractivity contribution >= 4 is 5.91 Å². The van der Waals surface area contributed by atoms with Crippen LogP contribution in [0.4, 0.5) is 0 Å². The van der Waals surface area contributed by atoms with Crippen LogP contribution < -0.4 is 10.9 Å². The third-order valence-corrected chi connectivity index (χ3v) is 5.72. The van der Waals surface area contributed by atoms with E-state index in [0.717, 1.165) is 37.3 Å². The van der Waals surface area contributed by atoms with Gasteiger partial charge in [0.2, 0.25) is 5.91 Å². The van der Waals surface area contributed by atoms with E-state index in [1.807, 2.05) is 18.2 Å². The van der Waals surface area contributed by atoms with Gasteiger partial charge in [0.25, 0.3) is 5.56 Å². The lowest BCUT2D eigenvalue weighted by Gasteiger charge is -2.33. The number of rotatable bonds is 7. The fraction of sp³-hybridized carbons (Fsp3) is 0.500. The first-order valence-corrected chi connectivity index (χ1v) is 10.2. The summed E-state index contributed by atoms with van der Waals surface area (Å²) in [6.45, 7) is 6.07. The molecule has 2 N–H and O–H groups in total. The minimum atomic E-state index is -0.376.